The molecule has 0 aromatic heterocycles. The molecule has 4 nitrogen and oxygen atoms in total. The lowest BCUT2D eigenvalue weighted by atomic mass is 10.1. The van der Waals surface area contributed by atoms with Crippen molar-refractivity contribution in [1.82, 2.24) is 4.90 Å². The number of carboxylic acid groups (broad SMARTS) is 1. The standard InChI is InChI=1S/C11H9BrFNO3S/c12-7-3-6(1-2-8(7)13)10(15)14-5-18-4-9(14)11(16)17/h1-3,9H,4-5H2,(H,16,17)/t9-/m0/s1. The van der Waals surface area contributed by atoms with E-state index in [0.29, 0.717) is 11.6 Å². The molecule has 0 radical (unpaired) electrons. The summed E-state index contributed by atoms with van der Waals surface area (Å²) in [6.07, 6.45) is 0. The van der Waals surface area contributed by atoms with E-state index in [9.17, 15) is 14.0 Å². The fraction of sp³-hybridized carbons (Fsp3) is 0.273. The first-order valence-corrected chi connectivity index (χ1v) is 7.02. The second kappa shape index (κ2) is 5.27. The van der Waals surface area contributed by atoms with Crippen LogP contribution in [0.25, 0.3) is 0 Å². The molecule has 7 heteroatoms. The highest BCUT2D eigenvalue weighted by Gasteiger charge is 2.35. The lowest BCUT2D eigenvalue weighted by molar-refractivity contribution is -0.140. The number of aliphatic carboxylic acids is 1. The van der Waals surface area contributed by atoms with Crippen LogP contribution in [0, 0.1) is 5.82 Å². The van der Waals surface area contributed by atoms with Crippen molar-refractivity contribution in [3.63, 3.8) is 0 Å². The van der Waals surface area contributed by atoms with Gasteiger partial charge in [-0.2, -0.15) is 0 Å². The minimum Gasteiger partial charge on any atom is -0.480 e. The normalized spacial score (nSPS) is 19.0. The third-order valence-corrected chi connectivity index (χ3v) is 4.21. The van der Waals surface area contributed by atoms with Gasteiger partial charge < -0.3 is 10.0 Å². The highest BCUT2D eigenvalue weighted by atomic mass is 79.9. The molecule has 1 aromatic rings. The Labute approximate surface area is 115 Å². The van der Waals surface area contributed by atoms with Crippen molar-refractivity contribution in [2.24, 2.45) is 0 Å². The number of benzene rings is 1. The summed E-state index contributed by atoms with van der Waals surface area (Å²) >= 11 is 4.39. The Hall–Kier alpha value is -1.08. The number of hydrogen-bond acceptors (Lipinski definition) is 3. The predicted molar refractivity (Wildman–Crippen MR) is 69.0 cm³/mol. The molecule has 0 aliphatic carbocycles. The van der Waals surface area contributed by atoms with Gasteiger partial charge in [-0.15, -0.1) is 11.8 Å². The van der Waals surface area contributed by atoms with E-state index < -0.39 is 23.7 Å². The largest absolute Gasteiger partial charge is 0.480 e. The average Bonchev–Trinajstić information content (AvgIpc) is 2.81. The Balaban J connectivity index is 2.25. The predicted octanol–water partition coefficient (Wildman–Crippen LogP) is 2.19. The summed E-state index contributed by atoms with van der Waals surface area (Å²) in [5.74, 6) is -1.16. The maximum atomic E-state index is 13.1. The van der Waals surface area contributed by atoms with Crippen LogP contribution in [0.5, 0.6) is 0 Å². The van der Waals surface area contributed by atoms with Crippen LogP contribution in [0.15, 0.2) is 22.7 Å². The van der Waals surface area contributed by atoms with E-state index in [2.05, 4.69) is 15.9 Å². The van der Waals surface area contributed by atoms with Crippen LogP contribution in [0.2, 0.25) is 0 Å². The molecule has 1 fully saturated rings. The van der Waals surface area contributed by atoms with Gasteiger partial charge in [0.05, 0.1) is 10.3 Å². The first-order valence-electron chi connectivity index (χ1n) is 5.07. The van der Waals surface area contributed by atoms with E-state index in [1.54, 1.807) is 0 Å². The molecular weight excluding hydrogens is 325 g/mol. The summed E-state index contributed by atoms with van der Waals surface area (Å²) in [5.41, 5.74) is 0.275. The molecular formula is C11H9BrFNO3S. The van der Waals surface area contributed by atoms with Crippen molar-refractivity contribution >= 4 is 39.6 Å². The molecule has 1 saturated heterocycles. The number of carbonyl (C=O) groups excluding carboxylic acids is 1. The van der Waals surface area contributed by atoms with E-state index in [-0.39, 0.29) is 10.0 Å². The SMILES string of the molecule is O=C(O)[C@@H]1CSCN1C(=O)c1ccc(F)c(Br)c1. The molecule has 1 heterocycles. The van der Waals surface area contributed by atoms with Gasteiger partial charge in [0.1, 0.15) is 11.9 Å². The molecule has 0 bridgehead atoms. The molecule has 1 aliphatic heterocycles. The summed E-state index contributed by atoms with van der Waals surface area (Å²) in [6.45, 7) is 0. The van der Waals surface area contributed by atoms with Crippen molar-refractivity contribution < 1.29 is 19.1 Å². The van der Waals surface area contributed by atoms with Gasteiger partial charge in [0.25, 0.3) is 5.91 Å². The fourth-order valence-corrected chi connectivity index (χ4v) is 3.17. The van der Waals surface area contributed by atoms with Crippen LogP contribution >= 0.6 is 27.7 Å². The van der Waals surface area contributed by atoms with Crippen LogP contribution in [0.1, 0.15) is 10.4 Å². The van der Waals surface area contributed by atoms with Gasteiger partial charge in [0.2, 0.25) is 0 Å². The summed E-state index contributed by atoms with van der Waals surface area (Å²) < 4.78 is 13.3. The number of hydrogen-bond donors (Lipinski definition) is 1. The van der Waals surface area contributed by atoms with Crippen molar-refractivity contribution in [2.75, 3.05) is 11.6 Å². The smallest absolute Gasteiger partial charge is 0.327 e. The van der Waals surface area contributed by atoms with Crippen molar-refractivity contribution in [3.8, 4) is 0 Å². The molecule has 2 rings (SSSR count). The van der Waals surface area contributed by atoms with Crippen LogP contribution in [-0.2, 0) is 4.79 Å². The Kier molecular flexibility index (Phi) is 3.91. The Bertz CT molecular complexity index is 511. The highest BCUT2D eigenvalue weighted by molar-refractivity contribution is 9.10. The maximum absolute atomic E-state index is 13.1. The number of rotatable bonds is 2. The van der Waals surface area contributed by atoms with Gasteiger partial charge in [0.15, 0.2) is 0 Å². The van der Waals surface area contributed by atoms with Crippen LogP contribution in [0.3, 0.4) is 0 Å². The van der Waals surface area contributed by atoms with E-state index in [1.807, 2.05) is 0 Å². The van der Waals surface area contributed by atoms with Crippen LogP contribution < -0.4 is 0 Å². The minimum absolute atomic E-state index is 0.187. The molecule has 96 valence electrons. The molecule has 1 atom stereocenters. The molecule has 1 N–H and O–H groups in total. The zero-order valence-corrected chi connectivity index (χ0v) is 11.5. The van der Waals surface area contributed by atoms with E-state index in [1.165, 1.54) is 34.9 Å². The lowest BCUT2D eigenvalue weighted by Crippen LogP contribution is -2.41. The van der Waals surface area contributed by atoms with Gasteiger partial charge >= 0.3 is 5.97 Å². The quantitative estimate of drug-likeness (QED) is 0.901. The molecule has 1 aliphatic rings. The first kappa shape index (κ1) is 13.4. The van der Waals surface area contributed by atoms with E-state index in [0.717, 1.165) is 0 Å². The first-order chi connectivity index (χ1) is 8.50. The summed E-state index contributed by atoms with van der Waals surface area (Å²) in [7, 11) is 0. The molecule has 0 spiro atoms. The Morgan fingerprint density at radius 1 is 1.50 bits per heavy atom. The highest BCUT2D eigenvalue weighted by Crippen LogP contribution is 2.25. The molecule has 1 aromatic carbocycles. The number of carbonyl (C=O) groups is 2. The second-order valence-electron chi connectivity index (χ2n) is 3.76. The zero-order valence-electron chi connectivity index (χ0n) is 9.10. The third kappa shape index (κ3) is 2.51. The van der Waals surface area contributed by atoms with Crippen molar-refractivity contribution in [2.45, 2.75) is 6.04 Å². The van der Waals surface area contributed by atoms with Gasteiger partial charge in [-0.25, -0.2) is 9.18 Å². The second-order valence-corrected chi connectivity index (χ2v) is 5.61. The van der Waals surface area contributed by atoms with Gasteiger partial charge in [-0.3, -0.25) is 4.79 Å². The summed E-state index contributed by atoms with van der Waals surface area (Å²) in [4.78, 5) is 24.4. The molecule has 1 amide bonds. The van der Waals surface area contributed by atoms with E-state index in [4.69, 9.17) is 5.11 Å². The molecule has 0 unspecified atom stereocenters. The van der Waals surface area contributed by atoms with Gasteiger partial charge in [-0.1, -0.05) is 0 Å². The minimum atomic E-state index is -1.02. The number of thioether (sulfide) groups is 1. The Morgan fingerprint density at radius 3 is 2.83 bits per heavy atom. The molecule has 0 saturated carbocycles. The topological polar surface area (TPSA) is 57.6 Å². The fourth-order valence-electron chi connectivity index (χ4n) is 1.64. The summed E-state index contributed by atoms with van der Waals surface area (Å²) in [5, 5.41) is 9.00. The number of nitrogens with zero attached hydrogens (tertiary/aromatic N) is 1. The van der Waals surface area contributed by atoms with Gasteiger partial charge in [-0.05, 0) is 34.1 Å². The number of halogens is 2. The average molecular weight is 334 g/mol. The summed E-state index contributed by atoms with van der Waals surface area (Å²) in [6, 6.07) is 3.08. The van der Waals surface area contributed by atoms with E-state index >= 15 is 0 Å². The molecule has 18 heavy (non-hydrogen) atoms. The monoisotopic (exact) mass is 333 g/mol. The van der Waals surface area contributed by atoms with Crippen LogP contribution in [0.4, 0.5) is 4.39 Å². The zero-order chi connectivity index (χ0) is 13.3. The van der Waals surface area contributed by atoms with Crippen LogP contribution in [-0.4, -0.2) is 39.6 Å². The van der Waals surface area contributed by atoms with Crippen molar-refractivity contribution in [3.05, 3.63) is 34.1 Å². The number of carboxylic acids is 1. The van der Waals surface area contributed by atoms with Gasteiger partial charge in [0, 0.05) is 11.3 Å². The Morgan fingerprint density at radius 2 is 2.22 bits per heavy atom. The number of amides is 1. The third-order valence-electron chi connectivity index (χ3n) is 2.59. The lowest BCUT2D eigenvalue weighted by Gasteiger charge is -2.20. The van der Waals surface area contributed by atoms with Crippen molar-refractivity contribution in [1.29, 1.82) is 0 Å². The maximum Gasteiger partial charge on any atom is 0.327 e.